The molecule has 0 aliphatic rings. The van der Waals surface area contributed by atoms with Gasteiger partial charge in [-0.3, -0.25) is 4.98 Å². The van der Waals surface area contributed by atoms with Crippen molar-refractivity contribution in [2.45, 2.75) is 0 Å². The molecule has 8 rings (SSSR count). The summed E-state index contributed by atoms with van der Waals surface area (Å²) in [6.07, 6.45) is 1.92. The smallest absolute Gasteiger partial charge is 0.0955 e. The Labute approximate surface area is 214 Å². The van der Waals surface area contributed by atoms with E-state index in [2.05, 4.69) is 126 Å². The number of benzene rings is 5. The first-order chi connectivity index (χ1) is 18.4. The zero-order chi connectivity index (χ0) is 24.3. The molecule has 3 aromatic heterocycles. The molecule has 0 saturated carbocycles. The van der Waals surface area contributed by atoms with Gasteiger partial charge in [0.25, 0.3) is 0 Å². The Kier molecular flexibility index (Phi) is 4.26. The third-order valence-electron chi connectivity index (χ3n) is 7.59. The van der Waals surface area contributed by atoms with E-state index in [0.717, 1.165) is 11.0 Å². The molecule has 0 amide bonds. The number of aromatic nitrogens is 2. The third-order valence-corrected chi connectivity index (χ3v) is 7.59. The predicted octanol–water partition coefficient (Wildman–Crippen LogP) is 9.28. The fourth-order valence-corrected chi connectivity index (χ4v) is 6.07. The molecule has 2 heteroatoms. The third kappa shape index (κ3) is 2.84. The summed E-state index contributed by atoms with van der Waals surface area (Å²) in [6, 6.07) is 45.6. The number of pyridine rings is 2. The van der Waals surface area contributed by atoms with Gasteiger partial charge in [0.2, 0.25) is 0 Å². The van der Waals surface area contributed by atoms with E-state index in [4.69, 9.17) is 4.98 Å². The molecule has 0 saturated heterocycles. The van der Waals surface area contributed by atoms with E-state index < -0.39 is 0 Å². The van der Waals surface area contributed by atoms with Gasteiger partial charge in [0, 0.05) is 22.5 Å². The van der Waals surface area contributed by atoms with Gasteiger partial charge >= 0.3 is 0 Å². The van der Waals surface area contributed by atoms with Crippen LogP contribution in [-0.2, 0) is 0 Å². The molecule has 0 unspecified atom stereocenters. The highest BCUT2D eigenvalue weighted by atomic mass is 14.9. The molecule has 3 heterocycles. The van der Waals surface area contributed by atoms with Gasteiger partial charge in [-0.15, -0.1) is 0 Å². The van der Waals surface area contributed by atoms with Gasteiger partial charge in [0.1, 0.15) is 0 Å². The Balaban J connectivity index is 1.76. The van der Waals surface area contributed by atoms with Crippen LogP contribution >= 0.6 is 0 Å². The normalized spacial score (nSPS) is 11.8. The van der Waals surface area contributed by atoms with E-state index >= 15 is 0 Å². The van der Waals surface area contributed by atoms with Crippen LogP contribution in [0.3, 0.4) is 0 Å². The molecule has 5 aromatic carbocycles. The van der Waals surface area contributed by atoms with E-state index in [-0.39, 0.29) is 0 Å². The Hall–Kier alpha value is -4.95. The fourth-order valence-electron chi connectivity index (χ4n) is 6.07. The number of hydrogen-bond acceptors (Lipinski definition) is 1. The van der Waals surface area contributed by atoms with Crippen LogP contribution in [0.4, 0.5) is 0 Å². The van der Waals surface area contributed by atoms with Gasteiger partial charge in [-0.2, -0.15) is 0 Å². The lowest BCUT2D eigenvalue weighted by Crippen LogP contribution is -1.97. The van der Waals surface area contributed by atoms with Gasteiger partial charge in [0.15, 0.2) is 0 Å². The standard InChI is InChI=1S/C35H22N2/c1-3-12-23(13-4-1)29-22-31(24-14-5-2-6-15-24)37-30-20-11-21-36-34(30)32-27-18-9-7-16-25(27)26-17-8-10-19-28(26)33(32)35(29)37/h1-22H. The van der Waals surface area contributed by atoms with Crippen molar-refractivity contribution in [1.29, 1.82) is 0 Å². The van der Waals surface area contributed by atoms with Gasteiger partial charge in [0.05, 0.1) is 22.2 Å². The highest BCUT2D eigenvalue weighted by Crippen LogP contribution is 2.45. The second kappa shape index (κ2) is 7.78. The molecule has 0 atom stereocenters. The molecule has 0 bridgehead atoms. The van der Waals surface area contributed by atoms with Gasteiger partial charge < -0.3 is 4.40 Å². The minimum absolute atomic E-state index is 1.03. The minimum Gasteiger partial charge on any atom is -0.306 e. The van der Waals surface area contributed by atoms with E-state index in [1.165, 1.54) is 60.2 Å². The number of fused-ring (bicyclic) bond motifs is 11. The molecule has 2 nitrogen and oxygen atoms in total. The van der Waals surface area contributed by atoms with Gasteiger partial charge in [-0.1, -0.05) is 109 Å². The van der Waals surface area contributed by atoms with Crippen LogP contribution in [0.15, 0.2) is 134 Å². The minimum atomic E-state index is 1.03. The molecular weight excluding hydrogens is 448 g/mol. The summed E-state index contributed by atoms with van der Waals surface area (Å²) in [5.41, 5.74) is 8.17. The van der Waals surface area contributed by atoms with Crippen molar-refractivity contribution in [3.8, 4) is 22.4 Å². The van der Waals surface area contributed by atoms with Gasteiger partial charge in [-0.05, 0) is 50.9 Å². The van der Waals surface area contributed by atoms with Crippen LogP contribution in [0.2, 0.25) is 0 Å². The molecule has 37 heavy (non-hydrogen) atoms. The van der Waals surface area contributed by atoms with E-state index in [0.29, 0.717) is 0 Å². The predicted molar refractivity (Wildman–Crippen MR) is 156 cm³/mol. The Morgan fingerprint density at radius 1 is 0.486 bits per heavy atom. The van der Waals surface area contributed by atoms with Crippen LogP contribution in [0.25, 0.3) is 71.3 Å². The summed E-state index contributed by atoms with van der Waals surface area (Å²) in [5.74, 6) is 0. The molecule has 0 aliphatic carbocycles. The molecule has 172 valence electrons. The first-order valence-corrected chi connectivity index (χ1v) is 12.7. The summed E-state index contributed by atoms with van der Waals surface area (Å²) in [6.45, 7) is 0. The largest absolute Gasteiger partial charge is 0.306 e. The second-order valence-electron chi connectivity index (χ2n) is 9.57. The summed E-state index contributed by atoms with van der Waals surface area (Å²) in [7, 11) is 0. The maximum absolute atomic E-state index is 5.01. The lowest BCUT2D eigenvalue weighted by Gasteiger charge is -2.17. The Morgan fingerprint density at radius 2 is 1.05 bits per heavy atom. The lowest BCUT2D eigenvalue weighted by molar-refractivity contribution is 1.26. The quantitative estimate of drug-likeness (QED) is 0.230. The fraction of sp³-hybridized carbons (Fsp3) is 0. The number of rotatable bonds is 2. The molecule has 8 aromatic rings. The summed E-state index contributed by atoms with van der Waals surface area (Å²) < 4.78 is 2.43. The van der Waals surface area contributed by atoms with Crippen molar-refractivity contribution in [2.24, 2.45) is 0 Å². The molecule has 0 fully saturated rings. The van der Waals surface area contributed by atoms with Crippen molar-refractivity contribution >= 4 is 48.9 Å². The summed E-state index contributed by atoms with van der Waals surface area (Å²) in [4.78, 5) is 5.01. The topological polar surface area (TPSA) is 17.3 Å². The highest BCUT2D eigenvalue weighted by Gasteiger charge is 2.22. The van der Waals surface area contributed by atoms with Crippen LogP contribution in [0.1, 0.15) is 0 Å². The Bertz CT molecular complexity index is 2110. The molecular formula is C35H22N2. The average molecular weight is 471 g/mol. The summed E-state index contributed by atoms with van der Waals surface area (Å²) in [5, 5.41) is 7.49. The maximum Gasteiger partial charge on any atom is 0.0955 e. The first-order valence-electron chi connectivity index (χ1n) is 12.7. The van der Waals surface area contributed by atoms with E-state index in [9.17, 15) is 0 Å². The Morgan fingerprint density at radius 3 is 1.73 bits per heavy atom. The van der Waals surface area contributed by atoms with Crippen molar-refractivity contribution < 1.29 is 0 Å². The van der Waals surface area contributed by atoms with E-state index in [1.807, 2.05) is 12.3 Å². The zero-order valence-electron chi connectivity index (χ0n) is 20.1. The molecule has 0 radical (unpaired) electrons. The average Bonchev–Trinajstić information content (AvgIpc) is 3.39. The number of hydrogen-bond donors (Lipinski definition) is 0. The number of nitrogens with zero attached hydrogens (tertiary/aromatic N) is 2. The monoisotopic (exact) mass is 470 g/mol. The van der Waals surface area contributed by atoms with Crippen LogP contribution in [-0.4, -0.2) is 9.38 Å². The van der Waals surface area contributed by atoms with Crippen molar-refractivity contribution in [3.63, 3.8) is 0 Å². The second-order valence-corrected chi connectivity index (χ2v) is 9.57. The lowest BCUT2D eigenvalue weighted by atomic mass is 9.92. The summed E-state index contributed by atoms with van der Waals surface area (Å²) >= 11 is 0. The van der Waals surface area contributed by atoms with Gasteiger partial charge in [-0.25, -0.2) is 0 Å². The van der Waals surface area contributed by atoms with Crippen LogP contribution in [0, 0.1) is 0 Å². The van der Waals surface area contributed by atoms with E-state index in [1.54, 1.807) is 0 Å². The first kappa shape index (κ1) is 20.3. The highest BCUT2D eigenvalue weighted by molar-refractivity contribution is 6.35. The molecule has 0 aliphatic heterocycles. The SMILES string of the molecule is c1ccc(-c2cc(-c3ccccc3)n3c4cccnc4c4c5ccccc5c5ccccc5c4c23)cc1. The van der Waals surface area contributed by atoms with Crippen molar-refractivity contribution in [3.05, 3.63) is 134 Å². The maximum atomic E-state index is 5.01. The van der Waals surface area contributed by atoms with Crippen molar-refractivity contribution in [1.82, 2.24) is 9.38 Å². The zero-order valence-corrected chi connectivity index (χ0v) is 20.1. The van der Waals surface area contributed by atoms with Crippen LogP contribution < -0.4 is 0 Å². The molecule has 0 N–H and O–H groups in total. The van der Waals surface area contributed by atoms with Crippen LogP contribution in [0.5, 0.6) is 0 Å². The molecule has 0 spiro atoms. The van der Waals surface area contributed by atoms with Crippen molar-refractivity contribution in [2.75, 3.05) is 0 Å².